The number of carbonyl (C=O) groups excluding carboxylic acids is 1. The van der Waals surface area contributed by atoms with E-state index in [1.165, 1.54) is 32.6 Å². The monoisotopic (exact) mass is 332 g/mol. The number of anilines is 1. The number of nitrogens with one attached hydrogen (secondary N) is 3. The number of hydrogen-bond acceptors (Lipinski definition) is 3. The van der Waals surface area contributed by atoms with E-state index >= 15 is 0 Å². The topological polar surface area (TPSA) is 74.8 Å². The van der Waals surface area contributed by atoms with Gasteiger partial charge in [0.15, 0.2) is 5.96 Å². The Hall–Kier alpha value is -2.24. The molecule has 2 rings (SSSR count). The molecule has 0 spiro atoms. The molecule has 0 saturated heterocycles. The minimum atomic E-state index is -0.0926. The summed E-state index contributed by atoms with van der Waals surface area (Å²) in [5.74, 6) is 1.50. The van der Waals surface area contributed by atoms with Crippen molar-refractivity contribution in [1.29, 1.82) is 0 Å². The molecule has 1 amide bonds. The lowest BCUT2D eigenvalue weighted by Crippen LogP contribution is -2.42. The van der Waals surface area contributed by atoms with Crippen LogP contribution in [-0.2, 0) is 4.79 Å². The molecule has 0 heterocycles. The SMILES string of the molecule is CCNC(=NCCOc1cccc(NC(C)=O)c1)NC1CCCC1. The van der Waals surface area contributed by atoms with Crippen molar-refractivity contribution in [3.05, 3.63) is 24.3 Å². The second-order valence-corrected chi connectivity index (χ2v) is 5.94. The van der Waals surface area contributed by atoms with Crippen LogP contribution in [0.4, 0.5) is 5.69 Å². The van der Waals surface area contributed by atoms with Gasteiger partial charge in [0.1, 0.15) is 12.4 Å². The molecular weight excluding hydrogens is 304 g/mol. The summed E-state index contributed by atoms with van der Waals surface area (Å²) in [6.07, 6.45) is 5.03. The van der Waals surface area contributed by atoms with Crippen LogP contribution in [0, 0.1) is 0 Å². The molecule has 0 aromatic heterocycles. The van der Waals surface area contributed by atoms with Crippen LogP contribution in [0.1, 0.15) is 39.5 Å². The Morgan fingerprint density at radius 3 is 2.83 bits per heavy atom. The van der Waals surface area contributed by atoms with Gasteiger partial charge in [-0.3, -0.25) is 4.79 Å². The second kappa shape index (κ2) is 9.80. The van der Waals surface area contributed by atoms with Gasteiger partial charge in [-0.15, -0.1) is 0 Å². The maximum atomic E-state index is 11.1. The highest BCUT2D eigenvalue weighted by Crippen LogP contribution is 2.18. The molecule has 0 bridgehead atoms. The molecule has 0 radical (unpaired) electrons. The summed E-state index contributed by atoms with van der Waals surface area (Å²) in [5, 5.41) is 9.50. The van der Waals surface area contributed by atoms with Crippen LogP contribution in [0.25, 0.3) is 0 Å². The number of ether oxygens (including phenoxy) is 1. The molecule has 0 aliphatic heterocycles. The van der Waals surface area contributed by atoms with Crippen LogP contribution in [0.3, 0.4) is 0 Å². The van der Waals surface area contributed by atoms with Gasteiger partial charge in [-0.2, -0.15) is 0 Å². The number of carbonyl (C=O) groups is 1. The van der Waals surface area contributed by atoms with Crippen molar-refractivity contribution in [3.8, 4) is 5.75 Å². The highest BCUT2D eigenvalue weighted by molar-refractivity contribution is 5.88. The first-order chi connectivity index (χ1) is 11.7. The normalized spacial score (nSPS) is 15.2. The lowest BCUT2D eigenvalue weighted by Gasteiger charge is -2.16. The molecule has 1 aliphatic rings. The van der Waals surface area contributed by atoms with Gasteiger partial charge in [-0.05, 0) is 31.9 Å². The molecule has 1 saturated carbocycles. The molecule has 1 aromatic rings. The summed E-state index contributed by atoms with van der Waals surface area (Å²) in [6.45, 7) is 5.47. The van der Waals surface area contributed by atoms with Crippen molar-refractivity contribution in [3.63, 3.8) is 0 Å². The molecule has 6 nitrogen and oxygen atoms in total. The average Bonchev–Trinajstić information content (AvgIpc) is 3.04. The molecule has 6 heteroatoms. The number of benzene rings is 1. The fraction of sp³-hybridized carbons (Fsp3) is 0.556. The minimum absolute atomic E-state index is 0.0926. The minimum Gasteiger partial charge on any atom is -0.492 e. The lowest BCUT2D eigenvalue weighted by molar-refractivity contribution is -0.114. The molecule has 24 heavy (non-hydrogen) atoms. The van der Waals surface area contributed by atoms with E-state index in [1.807, 2.05) is 24.3 Å². The standard InChI is InChI=1S/C18H28N4O2/c1-3-19-18(22-15-7-4-5-8-15)20-11-12-24-17-10-6-9-16(13-17)21-14(2)23/h6,9-10,13,15H,3-5,7-8,11-12H2,1-2H3,(H,21,23)(H2,19,20,22). The Kier molecular flexibility index (Phi) is 7.39. The first-order valence-corrected chi connectivity index (χ1v) is 8.72. The molecule has 1 fully saturated rings. The summed E-state index contributed by atoms with van der Waals surface area (Å²) >= 11 is 0. The Morgan fingerprint density at radius 1 is 1.33 bits per heavy atom. The van der Waals surface area contributed by atoms with E-state index in [0.717, 1.165) is 23.9 Å². The van der Waals surface area contributed by atoms with Gasteiger partial charge in [-0.25, -0.2) is 4.99 Å². The largest absolute Gasteiger partial charge is 0.492 e. The van der Waals surface area contributed by atoms with Crippen molar-refractivity contribution in [2.75, 3.05) is 25.0 Å². The van der Waals surface area contributed by atoms with Crippen LogP contribution in [0.5, 0.6) is 5.75 Å². The molecule has 132 valence electrons. The Bertz CT molecular complexity index is 554. The van der Waals surface area contributed by atoms with Crippen molar-refractivity contribution < 1.29 is 9.53 Å². The van der Waals surface area contributed by atoms with Crippen molar-refractivity contribution in [1.82, 2.24) is 10.6 Å². The number of amides is 1. The van der Waals surface area contributed by atoms with Gasteiger partial charge < -0.3 is 20.7 Å². The van der Waals surface area contributed by atoms with Crippen LogP contribution < -0.4 is 20.7 Å². The Balaban J connectivity index is 1.79. The molecule has 1 aliphatic carbocycles. The van der Waals surface area contributed by atoms with Crippen LogP contribution >= 0.6 is 0 Å². The summed E-state index contributed by atoms with van der Waals surface area (Å²) in [7, 11) is 0. The molecule has 0 atom stereocenters. The van der Waals surface area contributed by atoms with E-state index in [0.29, 0.717) is 19.2 Å². The molecule has 3 N–H and O–H groups in total. The van der Waals surface area contributed by atoms with E-state index in [2.05, 4.69) is 27.9 Å². The average molecular weight is 332 g/mol. The number of rotatable bonds is 7. The van der Waals surface area contributed by atoms with Crippen LogP contribution in [0.2, 0.25) is 0 Å². The maximum absolute atomic E-state index is 11.1. The fourth-order valence-electron chi connectivity index (χ4n) is 2.77. The van der Waals surface area contributed by atoms with E-state index in [-0.39, 0.29) is 5.91 Å². The van der Waals surface area contributed by atoms with Crippen molar-refractivity contribution >= 4 is 17.6 Å². The zero-order valence-corrected chi connectivity index (χ0v) is 14.6. The predicted molar refractivity (Wildman–Crippen MR) is 97.6 cm³/mol. The highest BCUT2D eigenvalue weighted by atomic mass is 16.5. The van der Waals surface area contributed by atoms with Gasteiger partial charge in [0, 0.05) is 31.3 Å². The smallest absolute Gasteiger partial charge is 0.221 e. The van der Waals surface area contributed by atoms with Crippen LogP contribution in [0.15, 0.2) is 29.3 Å². The van der Waals surface area contributed by atoms with E-state index in [1.54, 1.807) is 0 Å². The van der Waals surface area contributed by atoms with Crippen molar-refractivity contribution in [2.24, 2.45) is 4.99 Å². The van der Waals surface area contributed by atoms with Gasteiger partial charge >= 0.3 is 0 Å². The third-order valence-corrected chi connectivity index (χ3v) is 3.82. The zero-order chi connectivity index (χ0) is 17.2. The summed E-state index contributed by atoms with van der Waals surface area (Å²) in [6, 6.07) is 7.92. The number of guanidine groups is 1. The lowest BCUT2D eigenvalue weighted by atomic mass is 10.2. The summed E-state index contributed by atoms with van der Waals surface area (Å²) in [4.78, 5) is 15.6. The van der Waals surface area contributed by atoms with Gasteiger partial charge in [0.25, 0.3) is 0 Å². The number of nitrogens with zero attached hydrogens (tertiary/aromatic N) is 1. The molecule has 0 unspecified atom stereocenters. The van der Waals surface area contributed by atoms with Crippen LogP contribution in [-0.4, -0.2) is 37.6 Å². The fourth-order valence-corrected chi connectivity index (χ4v) is 2.77. The predicted octanol–water partition coefficient (Wildman–Crippen LogP) is 2.52. The summed E-state index contributed by atoms with van der Waals surface area (Å²) < 4.78 is 5.71. The summed E-state index contributed by atoms with van der Waals surface area (Å²) in [5.41, 5.74) is 0.736. The number of aliphatic imine (C=N–C) groups is 1. The third-order valence-electron chi connectivity index (χ3n) is 3.82. The molecule has 1 aromatic carbocycles. The third kappa shape index (κ3) is 6.48. The second-order valence-electron chi connectivity index (χ2n) is 5.94. The maximum Gasteiger partial charge on any atom is 0.221 e. The Morgan fingerprint density at radius 2 is 2.12 bits per heavy atom. The first-order valence-electron chi connectivity index (χ1n) is 8.72. The van der Waals surface area contributed by atoms with Gasteiger partial charge in [-0.1, -0.05) is 18.9 Å². The Labute approximate surface area is 144 Å². The van der Waals surface area contributed by atoms with E-state index in [4.69, 9.17) is 4.74 Å². The number of hydrogen-bond donors (Lipinski definition) is 3. The first kappa shape index (κ1) is 18.1. The van der Waals surface area contributed by atoms with E-state index in [9.17, 15) is 4.79 Å². The quantitative estimate of drug-likeness (QED) is 0.407. The van der Waals surface area contributed by atoms with Crippen molar-refractivity contribution in [2.45, 2.75) is 45.6 Å². The molecular formula is C18H28N4O2. The highest BCUT2D eigenvalue weighted by Gasteiger charge is 2.15. The van der Waals surface area contributed by atoms with E-state index < -0.39 is 0 Å². The van der Waals surface area contributed by atoms with Gasteiger partial charge in [0.05, 0.1) is 6.54 Å². The van der Waals surface area contributed by atoms with Gasteiger partial charge in [0.2, 0.25) is 5.91 Å². The zero-order valence-electron chi connectivity index (χ0n) is 14.6.